The van der Waals surface area contributed by atoms with Gasteiger partial charge in [0.1, 0.15) is 5.75 Å². The molecule has 1 aromatic carbocycles. The molecular weight excluding hydrogens is 220 g/mol. The summed E-state index contributed by atoms with van der Waals surface area (Å²) in [6, 6.07) is 5.41. The van der Waals surface area contributed by atoms with Crippen LogP contribution in [0.15, 0.2) is 18.2 Å². The van der Waals surface area contributed by atoms with Gasteiger partial charge in [0.15, 0.2) is 6.29 Å². The molecule has 1 aromatic rings. The Morgan fingerprint density at radius 3 is 2.82 bits per heavy atom. The van der Waals surface area contributed by atoms with Crippen molar-refractivity contribution >= 4 is 12.3 Å². The van der Waals surface area contributed by atoms with Crippen molar-refractivity contribution in [3.05, 3.63) is 29.3 Å². The first-order valence-corrected chi connectivity index (χ1v) is 5.43. The number of aldehydes is 1. The van der Waals surface area contributed by atoms with E-state index in [4.69, 9.17) is 4.74 Å². The van der Waals surface area contributed by atoms with Crippen LogP contribution in [-0.4, -0.2) is 26.0 Å². The number of methoxy groups -OCH3 is 1. The van der Waals surface area contributed by atoms with Crippen molar-refractivity contribution in [1.29, 1.82) is 0 Å². The van der Waals surface area contributed by atoms with Gasteiger partial charge in [0.25, 0.3) is 0 Å². The summed E-state index contributed by atoms with van der Waals surface area (Å²) < 4.78 is 9.95. The van der Waals surface area contributed by atoms with Crippen molar-refractivity contribution in [3.63, 3.8) is 0 Å². The van der Waals surface area contributed by atoms with E-state index in [0.29, 0.717) is 30.8 Å². The lowest BCUT2D eigenvalue weighted by Crippen LogP contribution is -2.05. The summed E-state index contributed by atoms with van der Waals surface area (Å²) in [6.07, 6.45) is 1.65. The van der Waals surface area contributed by atoms with E-state index in [1.807, 2.05) is 13.0 Å². The molecule has 4 heteroatoms. The fourth-order valence-corrected chi connectivity index (χ4v) is 1.39. The molecule has 0 aliphatic heterocycles. The van der Waals surface area contributed by atoms with Gasteiger partial charge < -0.3 is 9.47 Å². The number of aryl methyl sites for hydroxylation is 1. The monoisotopic (exact) mass is 236 g/mol. The Morgan fingerprint density at radius 2 is 2.18 bits per heavy atom. The molecule has 17 heavy (non-hydrogen) atoms. The van der Waals surface area contributed by atoms with Crippen LogP contribution in [0.4, 0.5) is 0 Å². The lowest BCUT2D eigenvalue weighted by molar-refractivity contribution is -0.140. The zero-order valence-corrected chi connectivity index (χ0v) is 10.1. The highest BCUT2D eigenvalue weighted by Crippen LogP contribution is 2.18. The average molecular weight is 236 g/mol. The van der Waals surface area contributed by atoms with E-state index in [2.05, 4.69) is 4.74 Å². The quantitative estimate of drug-likeness (QED) is 0.431. The first-order valence-electron chi connectivity index (χ1n) is 5.43. The van der Waals surface area contributed by atoms with Crippen LogP contribution in [0, 0.1) is 6.92 Å². The van der Waals surface area contributed by atoms with Crippen molar-refractivity contribution in [1.82, 2.24) is 0 Å². The van der Waals surface area contributed by atoms with Crippen molar-refractivity contribution in [3.8, 4) is 5.75 Å². The van der Waals surface area contributed by atoms with Crippen LogP contribution < -0.4 is 4.74 Å². The SMILES string of the molecule is COC(=O)CCCOc1ccc(C)cc1C=O. The predicted octanol–water partition coefficient (Wildman–Crippen LogP) is 2.14. The van der Waals surface area contributed by atoms with Gasteiger partial charge in [-0.15, -0.1) is 0 Å². The second-order valence-electron chi connectivity index (χ2n) is 3.69. The Balaban J connectivity index is 2.46. The third kappa shape index (κ3) is 4.26. The van der Waals surface area contributed by atoms with Crippen LogP contribution in [0.25, 0.3) is 0 Å². The molecule has 0 aromatic heterocycles. The minimum Gasteiger partial charge on any atom is -0.493 e. The smallest absolute Gasteiger partial charge is 0.305 e. The summed E-state index contributed by atoms with van der Waals surface area (Å²) in [7, 11) is 1.35. The molecule has 0 radical (unpaired) electrons. The highest BCUT2D eigenvalue weighted by molar-refractivity contribution is 5.79. The third-order valence-electron chi connectivity index (χ3n) is 2.30. The van der Waals surface area contributed by atoms with Gasteiger partial charge in [0.05, 0.1) is 19.3 Å². The van der Waals surface area contributed by atoms with E-state index in [0.717, 1.165) is 11.8 Å². The standard InChI is InChI=1S/C13H16O4/c1-10-5-6-12(11(8-10)9-14)17-7-3-4-13(15)16-2/h5-6,8-9H,3-4,7H2,1-2H3. The topological polar surface area (TPSA) is 52.6 Å². The van der Waals surface area contributed by atoms with Gasteiger partial charge in [-0.25, -0.2) is 0 Å². The molecule has 0 atom stereocenters. The normalized spacial score (nSPS) is 9.76. The van der Waals surface area contributed by atoms with Gasteiger partial charge in [-0.1, -0.05) is 11.6 Å². The van der Waals surface area contributed by atoms with E-state index < -0.39 is 0 Å². The highest BCUT2D eigenvalue weighted by atomic mass is 16.5. The molecule has 0 N–H and O–H groups in total. The first kappa shape index (κ1) is 13.2. The average Bonchev–Trinajstić information content (AvgIpc) is 2.35. The molecule has 0 amide bonds. The molecule has 0 aliphatic rings. The third-order valence-corrected chi connectivity index (χ3v) is 2.30. The lowest BCUT2D eigenvalue weighted by atomic mass is 10.1. The van der Waals surface area contributed by atoms with E-state index in [-0.39, 0.29) is 5.97 Å². The van der Waals surface area contributed by atoms with Crippen LogP contribution in [0.3, 0.4) is 0 Å². The zero-order valence-electron chi connectivity index (χ0n) is 10.1. The number of carbonyl (C=O) groups is 2. The van der Waals surface area contributed by atoms with Crippen molar-refractivity contribution in [2.45, 2.75) is 19.8 Å². The number of rotatable bonds is 6. The van der Waals surface area contributed by atoms with Crippen molar-refractivity contribution in [2.24, 2.45) is 0 Å². The molecule has 1 rings (SSSR count). The van der Waals surface area contributed by atoms with Crippen LogP contribution in [0.5, 0.6) is 5.75 Å². The summed E-state index contributed by atoms with van der Waals surface area (Å²) in [5, 5.41) is 0. The molecule has 4 nitrogen and oxygen atoms in total. The van der Waals surface area contributed by atoms with Gasteiger partial charge in [-0.05, 0) is 25.5 Å². The molecule has 0 bridgehead atoms. The molecule has 0 unspecified atom stereocenters. The molecule has 0 heterocycles. The fraction of sp³-hybridized carbons (Fsp3) is 0.385. The maximum atomic E-state index is 10.9. The van der Waals surface area contributed by atoms with E-state index in [1.165, 1.54) is 7.11 Å². The summed E-state index contributed by atoms with van der Waals surface area (Å²) in [5.74, 6) is 0.295. The Hall–Kier alpha value is -1.84. The summed E-state index contributed by atoms with van der Waals surface area (Å²) in [4.78, 5) is 21.7. The minimum atomic E-state index is -0.256. The van der Waals surface area contributed by atoms with Gasteiger partial charge in [-0.2, -0.15) is 0 Å². The number of hydrogen-bond acceptors (Lipinski definition) is 4. The molecule has 0 fully saturated rings. The maximum Gasteiger partial charge on any atom is 0.305 e. The van der Waals surface area contributed by atoms with Gasteiger partial charge in [-0.3, -0.25) is 9.59 Å². The first-order chi connectivity index (χ1) is 8.17. The van der Waals surface area contributed by atoms with E-state index in [9.17, 15) is 9.59 Å². The second-order valence-corrected chi connectivity index (χ2v) is 3.69. The molecular formula is C13H16O4. The summed E-state index contributed by atoms with van der Waals surface area (Å²) in [6.45, 7) is 2.30. The molecule has 0 saturated heterocycles. The number of ether oxygens (including phenoxy) is 2. The van der Waals surface area contributed by atoms with Crippen LogP contribution in [-0.2, 0) is 9.53 Å². The number of benzene rings is 1. The number of esters is 1. The summed E-state index contributed by atoms with van der Waals surface area (Å²) in [5.41, 5.74) is 1.54. The minimum absolute atomic E-state index is 0.256. The summed E-state index contributed by atoms with van der Waals surface area (Å²) >= 11 is 0. The highest BCUT2D eigenvalue weighted by Gasteiger charge is 2.04. The largest absolute Gasteiger partial charge is 0.493 e. The van der Waals surface area contributed by atoms with Gasteiger partial charge in [0, 0.05) is 6.42 Å². The van der Waals surface area contributed by atoms with E-state index in [1.54, 1.807) is 12.1 Å². The zero-order chi connectivity index (χ0) is 12.7. The molecule has 0 saturated carbocycles. The predicted molar refractivity (Wildman–Crippen MR) is 63.3 cm³/mol. The van der Waals surface area contributed by atoms with Gasteiger partial charge in [0.2, 0.25) is 0 Å². The Bertz CT molecular complexity index is 398. The molecule has 0 aliphatic carbocycles. The van der Waals surface area contributed by atoms with Crippen LogP contribution >= 0.6 is 0 Å². The van der Waals surface area contributed by atoms with Crippen molar-refractivity contribution < 1.29 is 19.1 Å². The Morgan fingerprint density at radius 1 is 1.41 bits per heavy atom. The lowest BCUT2D eigenvalue weighted by Gasteiger charge is -2.08. The maximum absolute atomic E-state index is 10.9. The fourth-order valence-electron chi connectivity index (χ4n) is 1.39. The molecule has 92 valence electrons. The number of carbonyl (C=O) groups excluding carboxylic acids is 2. The van der Waals surface area contributed by atoms with Gasteiger partial charge >= 0.3 is 5.97 Å². The molecule has 0 spiro atoms. The van der Waals surface area contributed by atoms with E-state index >= 15 is 0 Å². The Kier molecular flexibility index (Phi) is 5.20. The van der Waals surface area contributed by atoms with Crippen molar-refractivity contribution in [2.75, 3.05) is 13.7 Å². The van der Waals surface area contributed by atoms with Crippen LogP contribution in [0.2, 0.25) is 0 Å². The Labute approximate surface area is 101 Å². The second kappa shape index (κ2) is 6.68. The van der Waals surface area contributed by atoms with Crippen LogP contribution in [0.1, 0.15) is 28.8 Å². The number of hydrogen-bond donors (Lipinski definition) is 0.